The SMILES string of the molecule is CC(C)C[C@H](NC(=O)[C@@H](NC(=O)CNC(=O)[C@H](CC(N)=O)NC(=O)[C@H](CCCN=C(N)N)NC(=O)[C@H](CCC(N)=O)NC(=O)[C@H](CCCN=C(N)N)NC(=O)[C@H](CCC(=O)O)NC(=O)[C@H](CCC(=O)O)NC(=O)[C@@H](N)CS)[C@@H](C)O)C(=O)N[C@H](C(=O)N[C@H](C(=O)N[C@@H](CS)C(=O)O)C(C)C)[C@@H](C)O. The molecule has 0 aliphatic heterocycles. The molecule has 31 N–H and O–H groups in total. The van der Waals surface area contributed by atoms with Crippen molar-refractivity contribution in [2.75, 3.05) is 31.1 Å². The molecule has 0 radical (unpaired) electrons. The van der Waals surface area contributed by atoms with Gasteiger partial charge in [-0.15, -0.1) is 0 Å². The molecule has 0 saturated carbocycles. The lowest BCUT2D eigenvalue weighted by Gasteiger charge is -2.29. The van der Waals surface area contributed by atoms with Crippen LogP contribution >= 0.6 is 25.3 Å². The monoisotopic (exact) mass is 1510 g/mol. The fourth-order valence-electron chi connectivity index (χ4n) is 9.08. The number of thiol groups is 2. The molecule has 0 bridgehead atoms. The maximum atomic E-state index is 14.4. The number of nitrogens with one attached hydrogen (secondary N) is 12. The largest absolute Gasteiger partial charge is 0.481 e. The lowest BCUT2D eigenvalue weighted by atomic mass is 10.00. The Hall–Kier alpha value is -9.89. The van der Waals surface area contributed by atoms with Gasteiger partial charge in [-0.05, 0) is 77.0 Å². The number of aliphatic hydroxyl groups is 2. The van der Waals surface area contributed by atoms with Crippen molar-refractivity contribution in [1.29, 1.82) is 0 Å². The maximum absolute atomic E-state index is 14.4. The van der Waals surface area contributed by atoms with Gasteiger partial charge in [0.1, 0.15) is 66.5 Å². The van der Waals surface area contributed by atoms with Gasteiger partial charge in [0.2, 0.25) is 82.7 Å². The van der Waals surface area contributed by atoms with Crippen LogP contribution in [0, 0.1) is 11.8 Å². The summed E-state index contributed by atoms with van der Waals surface area (Å²) < 4.78 is 0. The Bertz CT molecular complexity index is 3030. The number of rotatable bonds is 51. The number of carbonyl (C=O) groups is 17. The van der Waals surface area contributed by atoms with Gasteiger partial charge in [-0.2, -0.15) is 25.3 Å². The fourth-order valence-corrected chi connectivity index (χ4v) is 9.49. The van der Waals surface area contributed by atoms with E-state index in [-0.39, 0.29) is 62.2 Å². The Morgan fingerprint density at radius 2 is 0.738 bits per heavy atom. The molecule has 0 aliphatic carbocycles. The zero-order chi connectivity index (χ0) is 79.1. The third-order valence-corrected chi connectivity index (χ3v) is 15.3. The summed E-state index contributed by atoms with van der Waals surface area (Å²) in [5.74, 6) is -22.6. The van der Waals surface area contributed by atoms with Crippen molar-refractivity contribution < 1.29 is 107 Å². The standard InChI is InChI=1S/C58H101N21O22S2/c1-24(2)19-34(52(96)79-44(27(6)81)55(99)78-42(25(3)4)53(97)76-36(23-103)56(100)101)75-54(98)43(26(5)80)77-39(84)21-68-46(90)35(20-38(61)83)74-48(92)30(10-8-18-67-58(64)65)71-49(93)31(11-14-37(60)82)72-47(91)29(9-7-17-66-57(62)63)70-51(95)33(13-16-41(87)88)73-50(94)32(12-15-40(85)86)69-45(89)28(59)22-102/h24-36,42-44,80-81,102-103H,7-23,59H2,1-6H3,(H2,60,82)(H2,61,83)(H,68,90)(H,69,89)(H,70,95)(H,71,93)(H,72,91)(H,73,94)(H,74,92)(H,75,98)(H,76,97)(H,77,84)(H,78,99)(H,79,96)(H,85,86)(H,87,88)(H,100,101)(H4,62,63,66)(H4,64,65,67)/t26-,27-,28+,29+,30+,31+,32+,33+,34+,35+,36+,42+,43+,44+/m1/s1. The fraction of sp³-hybridized carbons (Fsp3) is 0.672. The zero-order valence-corrected chi connectivity index (χ0v) is 59.6. The van der Waals surface area contributed by atoms with Gasteiger partial charge in [-0.3, -0.25) is 86.7 Å². The summed E-state index contributed by atoms with van der Waals surface area (Å²) in [5, 5.41) is 77.0. The van der Waals surface area contributed by atoms with Crippen LogP contribution in [0.15, 0.2) is 9.98 Å². The van der Waals surface area contributed by atoms with Crippen LogP contribution in [0.25, 0.3) is 0 Å². The van der Waals surface area contributed by atoms with Gasteiger partial charge in [-0.1, -0.05) is 27.7 Å². The highest BCUT2D eigenvalue weighted by molar-refractivity contribution is 7.80. The first kappa shape index (κ1) is 93.1. The number of amides is 14. The Balaban J connectivity index is 7.06. The van der Waals surface area contributed by atoms with Crippen LogP contribution in [0.3, 0.4) is 0 Å². The summed E-state index contributed by atoms with van der Waals surface area (Å²) in [6.45, 7) is 7.08. The average Bonchev–Trinajstić information content (AvgIpc) is 0.857. The number of carbonyl (C=O) groups excluding carboxylic acids is 14. The molecule has 582 valence electrons. The third-order valence-electron chi connectivity index (χ3n) is 14.6. The number of guanidine groups is 2. The summed E-state index contributed by atoms with van der Waals surface area (Å²) in [6, 6.07) is -20.2. The second kappa shape index (κ2) is 48.1. The quantitative estimate of drug-likeness (QED) is 0.0116. The molecule has 0 rings (SSSR count). The summed E-state index contributed by atoms with van der Waals surface area (Å²) in [5.41, 5.74) is 38.4. The molecule has 0 unspecified atom stereocenters. The van der Waals surface area contributed by atoms with Gasteiger partial charge in [0.15, 0.2) is 11.9 Å². The summed E-state index contributed by atoms with van der Waals surface area (Å²) in [7, 11) is 0. The van der Waals surface area contributed by atoms with Gasteiger partial charge >= 0.3 is 17.9 Å². The van der Waals surface area contributed by atoms with Gasteiger partial charge in [0.25, 0.3) is 0 Å². The van der Waals surface area contributed by atoms with Crippen LogP contribution in [0.4, 0.5) is 0 Å². The molecule has 0 saturated heterocycles. The first-order valence-corrected chi connectivity index (χ1v) is 33.5. The van der Waals surface area contributed by atoms with Crippen LogP contribution < -0.4 is 104 Å². The average molecular weight is 1510 g/mol. The summed E-state index contributed by atoms with van der Waals surface area (Å²) in [4.78, 5) is 232. The van der Waals surface area contributed by atoms with Gasteiger partial charge in [-0.25, -0.2) is 4.79 Å². The van der Waals surface area contributed by atoms with E-state index < -0.39 is 255 Å². The van der Waals surface area contributed by atoms with Crippen molar-refractivity contribution in [2.45, 2.75) is 203 Å². The highest BCUT2D eigenvalue weighted by Crippen LogP contribution is 2.13. The van der Waals surface area contributed by atoms with Gasteiger partial charge in [0, 0.05) is 43.9 Å². The second-order valence-electron chi connectivity index (χ2n) is 24.3. The molecule has 103 heavy (non-hydrogen) atoms. The van der Waals surface area contributed by atoms with E-state index in [1.807, 2.05) is 0 Å². The molecular formula is C58H101N21O22S2. The first-order valence-electron chi connectivity index (χ1n) is 32.2. The van der Waals surface area contributed by atoms with E-state index in [9.17, 15) is 107 Å². The van der Waals surface area contributed by atoms with E-state index in [0.29, 0.717) is 0 Å². The normalized spacial score (nSPS) is 15.1. The number of nitrogens with zero attached hydrogens (tertiary/aromatic N) is 2. The van der Waals surface area contributed by atoms with E-state index in [1.54, 1.807) is 13.8 Å². The predicted molar refractivity (Wildman–Crippen MR) is 371 cm³/mol. The zero-order valence-electron chi connectivity index (χ0n) is 57.8. The third kappa shape index (κ3) is 38.1. The first-order chi connectivity index (χ1) is 48.0. The molecule has 14 atom stereocenters. The Morgan fingerprint density at radius 1 is 0.388 bits per heavy atom. The van der Waals surface area contributed by atoms with Crippen LogP contribution in [0.5, 0.6) is 0 Å². The van der Waals surface area contributed by atoms with Gasteiger partial charge in [0.05, 0.1) is 31.2 Å². The molecule has 0 aromatic rings. The van der Waals surface area contributed by atoms with E-state index in [0.717, 1.165) is 13.8 Å². The van der Waals surface area contributed by atoms with E-state index >= 15 is 0 Å². The molecule has 0 aromatic heterocycles. The number of aliphatic imine (C=N–C) groups is 2. The van der Waals surface area contributed by atoms with Crippen molar-refractivity contribution >= 4 is 138 Å². The molecule has 45 heteroatoms. The minimum absolute atomic E-state index is 0.108. The number of carboxylic acids is 3. The topological polar surface area (TPSA) is 743 Å². The molecule has 43 nitrogen and oxygen atoms in total. The van der Waals surface area contributed by atoms with Crippen LogP contribution in [-0.2, 0) is 81.5 Å². The van der Waals surface area contributed by atoms with Crippen molar-refractivity contribution in [2.24, 2.45) is 62.0 Å². The highest BCUT2D eigenvalue weighted by Gasteiger charge is 2.39. The Morgan fingerprint density at radius 3 is 1.10 bits per heavy atom. The van der Waals surface area contributed by atoms with Crippen molar-refractivity contribution in [1.82, 2.24) is 63.8 Å². The van der Waals surface area contributed by atoms with Crippen molar-refractivity contribution in [3.8, 4) is 0 Å². The minimum atomic E-state index is -1.96. The summed E-state index contributed by atoms with van der Waals surface area (Å²) in [6.07, 6.45) is -9.48. The molecule has 0 fully saturated rings. The predicted octanol–water partition coefficient (Wildman–Crippen LogP) is -10.9. The molecule has 0 spiro atoms. The number of primary amides is 2. The number of aliphatic carboxylic acids is 3. The maximum Gasteiger partial charge on any atom is 0.327 e. The van der Waals surface area contributed by atoms with E-state index in [1.165, 1.54) is 13.8 Å². The summed E-state index contributed by atoms with van der Waals surface area (Å²) >= 11 is 7.85. The number of hydrogen-bond donors (Lipinski definition) is 26. The molecule has 0 heterocycles. The second-order valence-corrected chi connectivity index (χ2v) is 25.1. The van der Waals surface area contributed by atoms with Crippen molar-refractivity contribution in [3.63, 3.8) is 0 Å². The minimum Gasteiger partial charge on any atom is -0.481 e. The number of carboxylic acid groups (broad SMARTS) is 3. The lowest BCUT2D eigenvalue weighted by Crippen LogP contribution is -2.62. The van der Waals surface area contributed by atoms with Crippen molar-refractivity contribution in [3.05, 3.63) is 0 Å². The molecule has 0 aliphatic rings. The van der Waals surface area contributed by atoms with E-state index in [4.69, 9.17) is 40.1 Å². The van der Waals surface area contributed by atoms with E-state index in [2.05, 4.69) is 99.0 Å². The highest BCUT2D eigenvalue weighted by atomic mass is 32.1. The Kier molecular flexibility index (Phi) is 43.5. The molecular weight excluding hydrogens is 1410 g/mol. The van der Waals surface area contributed by atoms with Crippen LogP contribution in [0.1, 0.15) is 119 Å². The number of nitrogens with two attached hydrogens (primary N) is 7. The van der Waals surface area contributed by atoms with Crippen LogP contribution in [-0.4, -0.2) is 254 Å². The van der Waals surface area contributed by atoms with Crippen LogP contribution in [0.2, 0.25) is 0 Å². The lowest BCUT2D eigenvalue weighted by molar-refractivity contribution is -0.142. The Labute approximate surface area is 602 Å². The smallest absolute Gasteiger partial charge is 0.327 e. The number of hydrogen-bond acceptors (Lipinski definition) is 24. The number of aliphatic hydroxyl groups excluding tert-OH is 2. The van der Waals surface area contributed by atoms with Gasteiger partial charge < -0.3 is 129 Å². The molecule has 14 amide bonds. The molecule has 0 aromatic carbocycles.